The van der Waals surface area contributed by atoms with Crippen LogP contribution in [0.15, 0.2) is 48.5 Å². The van der Waals surface area contributed by atoms with E-state index in [1.54, 1.807) is 0 Å². The SMILES string of the molecule is CCCCCCc1nc(C2CCC(C(C)N)CC2)n(Cc2ccc(-c3ccccc3-c3nnn[nH]3)cc2)n1. The summed E-state index contributed by atoms with van der Waals surface area (Å²) < 4.78 is 2.18. The van der Waals surface area contributed by atoms with Gasteiger partial charge in [0.15, 0.2) is 11.6 Å². The molecule has 1 aliphatic carbocycles. The minimum atomic E-state index is 0.270. The highest BCUT2D eigenvalue weighted by molar-refractivity contribution is 5.80. The maximum atomic E-state index is 6.21. The van der Waals surface area contributed by atoms with Gasteiger partial charge in [-0.3, -0.25) is 0 Å². The summed E-state index contributed by atoms with van der Waals surface area (Å²) in [5, 5.41) is 19.5. The number of nitrogens with zero attached hydrogens (tertiary/aromatic N) is 6. The Hall–Kier alpha value is -3.39. The first kappa shape index (κ1) is 26.2. The van der Waals surface area contributed by atoms with E-state index in [1.165, 1.54) is 37.7 Å². The molecule has 1 atom stereocenters. The largest absolute Gasteiger partial charge is 0.328 e. The fourth-order valence-electron chi connectivity index (χ4n) is 5.72. The Morgan fingerprint density at radius 1 is 0.974 bits per heavy atom. The van der Waals surface area contributed by atoms with Crippen molar-refractivity contribution < 1.29 is 0 Å². The molecule has 38 heavy (non-hydrogen) atoms. The Labute approximate surface area is 225 Å². The molecule has 0 bridgehead atoms. The average Bonchev–Trinajstić information content (AvgIpc) is 3.62. The van der Waals surface area contributed by atoms with Gasteiger partial charge in [-0.25, -0.2) is 14.8 Å². The summed E-state index contributed by atoms with van der Waals surface area (Å²) in [6.07, 6.45) is 10.5. The third kappa shape index (κ3) is 6.18. The van der Waals surface area contributed by atoms with Gasteiger partial charge < -0.3 is 5.73 Å². The molecule has 2 aromatic heterocycles. The van der Waals surface area contributed by atoms with E-state index in [4.69, 9.17) is 15.8 Å². The molecule has 1 fully saturated rings. The molecule has 3 N–H and O–H groups in total. The first-order valence-corrected chi connectivity index (χ1v) is 14.2. The molecular formula is C30H40N8. The second kappa shape index (κ2) is 12.4. The molecule has 0 aliphatic heterocycles. The zero-order chi connectivity index (χ0) is 26.3. The van der Waals surface area contributed by atoms with Crippen molar-refractivity contribution in [2.24, 2.45) is 11.7 Å². The summed E-state index contributed by atoms with van der Waals surface area (Å²) in [7, 11) is 0. The fraction of sp³-hybridized carbons (Fsp3) is 0.500. The van der Waals surface area contributed by atoms with E-state index in [0.29, 0.717) is 17.7 Å². The molecule has 2 aromatic carbocycles. The molecule has 0 spiro atoms. The van der Waals surface area contributed by atoms with Crippen molar-refractivity contribution in [3.05, 3.63) is 65.7 Å². The lowest BCUT2D eigenvalue weighted by atomic mass is 9.79. The van der Waals surface area contributed by atoms with Crippen LogP contribution in [0.5, 0.6) is 0 Å². The van der Waals surface area contributed by atoms with E-state index in [1.807, 2.05) is 18.2 Å². The predicted octanol–water partition coefficient (Wildman–Crippen LogP) is 5.92. The first-order chi connectivity index (χ1) is 18.6. The zero-order valence-electron chi connectivity index (χ0n) is 22.7. The smallest absolute Gasteiger partial charge is 0.180 e. The molecule has 8 heteroatoms. The maximum Gasteiger partial charge on any atom is 0.180 e. The molecule has 8 nitrogen and oxygen atoms in total. The van der Waals surface area contributed by atoms with Gasteiger partial charge in [0.1, 0.15) is 5.82 Å². The molecule has 5 rings (SSSR count). The summed E-state index contributed by atoms with van der Waals surface area (Å²) >= 11 is 0. The topological polar surface area (TPSA) is 111 Å². The Bertz CT molecular complexity index is 1270. The van der Waals surface area contributed by atoms with E-state index in [-0.39, 0.29) is 6.04 Å². The second-order valence-corrected chi connectivity index (χ2v) is 10.8. The summed E-state index contributed by atoms with van der Waals surface area (Å²) in [6.45, 7) is 5.13. The van der Waals surface area contributed by atoms with Crippen molar-refractivity contribution in [2.45, 2.75) is 90.1 Å². The lowest BCUT2D eigenvalue weighted by Gasteiger charge is -2.30. The number of tetrazole rings is 1. The van der Waals surface area contributed by atoms with Crippen molar-refractivity contribution in [1.29, 1.82) is 0 Å². The normalized spacial score (nSPS) is 18.5. The number of aryl methyl sites for hydroxylation is 1. The molecule has 4 aromatic rings. The van der Waals surface area contributed by atoms with Crippen molar-refractivity contribution in [3.63, 3.8) is 0 Å². The molecule has 0 amide bonds. The first-order valence-electron chi connectivity index (χ1n) is 14.2. The van der Waals surface area contributed by atoms with Crippen LogP contribution in [0.3, 0.4) is 0 Å². The van der Waals surface area contributed by atoms with Crippen LogP contribution in [0.2, 0.25) is 0 Å². The van der Waals surface area contributed by atoms with Crippen LogP contribution in [-0.2, 0) is 13.0 Å². The molecule has 200 valence electrons. The van der Waals surface area contributed by atoms with Crippen LogP contribution in [0.1, 0.15) is 88.3 Å². The van der Waals surface area contributed by atoms with Gasteiger partial charge in [0.2, 0.25) is 0 Å². The van der Waals surface area contributed by atoms with Crippen LogP contribution in [0.25, 0.3) is 22.5 Å². The monoisotopic (exact) mass is 512 g/mol. The molecule has 1 saturated carbocycles. The van der Waals surface area contributed by atoms with E-state index in [9.17, 15) is 0 Å². The van der Waals surface area contributed by atoms with Crippen LogP contribution >= 0.6 is 0 Å². The number of aromatic amines is 1. The third-order valence-electron chi connectivity index (χ3n) is 8.00. The van der Waals surface area contributed by atoms with Gasteiger partial charge >= 0.3 is 0 Å². The number of hydrogen-bond acceptors (Lipinski definition) is 6. The van der Waals surface area contributed by atoms with Crippen molar-refractivity contribution in [3.8, 4) is 22.5 Å². The lowest BCUT2D eigenvalue weighted by Crippen LogP contribution is -2.30. The summed E-state index contributed by atoms with van der Waals surface area (Å²) in [5.41, 5.74) is 10.6. The number of rotatable bonds is 11. The van der Waals surface area contributed by atoms with Crippen LogP contribution in [0.4, 0.5) is 0 Å². The van der Waals surface area contributed by atoms with Gasteiger partial charge in [-0.05, 0) is 72.1 Å². The fourth-order valence-corrected chi connectivity index (χ4v) is 5.72. The molecule has 0 saturated heterocycles. The molecule has 0 radical (unpaired) electrons. The van der Waals surface area contributed by atoms with E-state index in [2.05, 4.69) is 69.5 Å². The van der Waals surface area contributed by atoms with Gasteiger partial charge in [0, 0.05) is 23.9 Å². The highest BCUT2D eigenvalue weighted by atomic mass is 15.5. The Morgan fingerprint density at radius 3 is 2.42 bits per heavy atom. The van der Waals surface area contributed by atoms with Gasteiger partial charge in [0.05, 0.1) is 6.54 Å². The van der Waals surface area contributed by atoms with Crippen LogP contribution in [-0.4, -0.2) is 41.4 Å². The third-order valence-corrected chi connectivity index (χ3v) is 8.00. The Balaban J connectivity index is 1.35. The van der Waals surface area contributed by atoms with E-state index >= 15 is 0 Å². The zero-order valence-corrected chi connectivity index (χ0v) is 22.7. The van der Waals surface area contributed by atoms with Crippen molar-refractivity contribution >= 4 is 0 Å². The number of unbranched alkanes of at least 4 members (excludes halogenated alkanes) is 3. The number of H-pyrrole nitrogens is 1. The molecule has 1 unspecified atom stereocenters. The van der Waals surface area contributed by atoms with Gasteiger partial charge in [0.25, 0.3) is 0 Å². The molecule has 1 aliphatic rings. The summed E-state index contributed by atoms with van der Waals surface area (Å²) in [5.74, 6) is 3.91. The lowest BCUT2D eigenvalue weighted by molar-refractivity contribution is 0.282. The quantitative estimate of drug-likeness (QED) is 0.241. The highest BCUT2D eigenvalue weighted by Crippen LogP contribution is 2.36. The number of nitrogens with two attached hydrogens (primary N) is 1. The minimum Gasteiger partial charge on any atom is -0.328 e. The number of aromatic nitrogens is 7. The summed E-state index contributed by atoms with van der Waals surface area (Å²) in [6, 6.07) is 17.2. The second-order valence-electron chi connectivity index (χ2n) is 10.8. The van der Waals surface area contributed by atoms with Crippen molar-refractivity contribution in [2.75, 3.05) is 0 Å². The predicted molar refractivity (Wildman–Crippen MR) is 150 cm³/mol. The van der Waals surface area contributed by atoms with Gasteiger partial charge in [-0.2, -0.15) is 5.10 Å². The molecule has 2 heterocycles. The number of hydrogen-bond donors (Lipinski definition) is 2. The van der Waals surface area contributed by atoms with Crippen LogP contribution in [0, 0.1) is 5.92 Å². The summed E-state index contributed by atoms with van der Waals surface area (Å²) in [4.78, 5) is 5.10. The van der Waals surface area contributed by atoms with Gasteiger partial charge in [-0.1, -0.05) is 74.7 Å². The molecular weight excluding hydrogens is 472 g/mol. The Kier molecular flexibility index (Phi) is 8.58. The van der Waals surface area contributed by atoms with E-state index < -0.39 is 0 Å². The van der Waals surface area contributed by atoms with Gasteiger partial charge in [-0.15, -0.1) is 5.10 Å². The standard InChI is InChI=1S/C30H40N8/c1-3-4-5-6-11-28-32-30(25-18-16-23(17-19-25)21(2)31)38(35-28)20-22-12-14-24(15-13-22)26-9-7-8-10-27(26)29-33-36-37-34-29/h7-10,12-15,21,23,25H,3-6,11,16-20,31H2,1-2H3,(H,33,34,36,37). The highest BCUT2D eigenvalue weighted by Gasteiger charge is 2.28. The van der Waals surface area contributed by atoms with Crippen LogP contribution < -0.4 is 5.73 Å². The van der Waals surface area contributed by atoms with Crippen molar-refractivity contribution in [1.82, 2.24) is 35.4 Å². The number of nitrogens with one attached hydrogen (secondary N) is 1. The Morgan fingerprint density at radius 2 is 1.74 bits per heavy atom. The minimum absolute atomic E-state index is 0.270. The average molecular weight is 513 g/mol. The number of benzene rings is 2. The maximum absolute atomic E-state index is 6.21. The van der Waals surface area contributed by atoms with E-state index in [0.717, 1.165) is 60.6 Å².